The van der Waals surface area contributed by atoms with E-state index >= 15 is 0 Å². The summed E-state index contributed by atoms with van der Waals surface area (Å²) < 4.78 is 32.5. The molecule has 0 spiro atoms. The second-order valence-electron chi connectivity index (χ2n) is 7.67. The summed E-state index contributed by atoms with van der Waals surface area (Å²) in [6.07, 6.45) is 0.873. The maximum absolute atomic E-state index is 13.5. The molecule has 1 aliphatic rings. The average molecular weight is 422 g/mol. The van der Waals surface area contributed by atoms with E-state index in [1.165, 1.54) is 6.07 Å². The summed E-state index contributed by atoms with van der Waals surface area (Å²) >= 11 is 0. The fraction of sp³-hybridized carbons (Fsp3) is 0.240. The highest BCUT2D eigenvalue weighted by Crippen LogP contribution is 2.25. The molecule has 3 aromatic rings. The highest BCUT2D eigenvalue weighted by molar-refractivity contribution is 5.95. The number of nitrogens with one attached hydrogen (secondary N) is 1. The Morgan fingerprint density at radius 3 is 2.58 bits per heavy atom. The molecule has 1 N–H and O–H groups in total. The van der Waals surface area contributed by atoms with Crippen LogP contribution in [-0.4, -0.2) is 25.5 Å². The van der Waals surface area contributed by atoms with E-state index < -0.39 is 11.6 Å². The lowest BCUT2D eigenvalue weighted by Crippen LogP contribution is -2.31. The minimum absolute atomic E-state index is 0.140. The number of nitrogens with zero attached hydrogens (tertiary/aromatic N) is 1. The van der Waals surface area contributed by atoms with Crippen molar-refractivity contribution in [1.82, 2.24) is 5.32 Å². The van der Waals surface area contributed by atoms with Crippen molar-refractivity contribution < 1.29 is 18.3 Å². The maximum Gasteiger partial charge on any atom is 0.251 e. The summed E-state index contributed by atoms with van der Waals surface area (Å²) in [4.78, 5) is 14.8. The van der Waals surface area contributed by atoms with Crippen molar-refractivity contribution in [3.8, 4) is 5.75 Å². The molecule has 1 fully saturated rings. The summed E-state index contributed by atoms with van der Waals surface area (Å²) in [6, 6.07) is 20.8. The fourth-order valence-electron chi connectivity index (χ4n) is 3.79. The highest BCUT2D eigenvalue weighted by atomic mass is 19.2. The van der Waals surface area contributed by atoms with E-state index in [4.69, 9.17) is 4.74 Å². The predicted octanol–water partition coefficient (Wildman–Crippen LogP) is 4.80. The summed E-state index contributed by atoms with van der Waals surface area (Å²) in [7, 11) is 0. The molecule has 1 heterocycles. The minimum Gasteiger partial charge on any atom is -0.489 e. The number of hydrogen-bond acceptors (Lipinski definition) is 3. The Morgan fingerprint density at radius 1 is 1.00 bits per heavy atom. The van der Waals surface area contributed by atoms with Gasteiger partial charge in [-0.1, -0.05) is 36.4 Å². The lowest BCUT2D eigenvalue weighted by Gasteiger charge is -2.19. The van der Waals surface area contributed by atoms with Gasteiger partial charge >= 0.3 is 0 Å². The summed E-state index contributed by atoms with van der Waals surface area (Å²) in [5.41, 5.74) is 2.07. The minimum atomic E-state index is -0.846. The van der Waals surface area contributed by atoms with Crippen LogP contribution in [0.2, 0.25) is 0 Å². The van der Waals surface area contributed by atoms with E-state index in [0.717, 1.165) is 30.3 Å². The van der Waals surface area contributed by atoms with Gasteiger partial charge in [-0.3, -0.25) is 4.79 Å². The number of carbonyl (C=O) groups excluding carboxylic acids is 1. The molecule has 4 rings (SSSR count). The van der Waals surface area contributed by atoms with Gasteiger partial charge < -0.3 is 15.0 Å². The second kappa shape index (κ2) is 9.60. The van der Waals surface area contributed by atoms with Gasteiger partial charge in [0.2, 0.25) is 0 Å². The first-order valence-electron chi connectivity index (χ1n) is 10.3. The fourth-order valence-corrected chi connectivity index (χ4v) is 3.79. The molecule has 4 nitrogen and oxygen atoms in total. The first kappa shape index (κ1) is 20.8. The van der Waals surface area contributed by atoms with Crippen molar-refractivity contribution in [2.45, 2.75) is 13.0 Å². The van der Waals surface area contributed by atoms with Gasteiger partial charge in [-0.15, -0.1) is 0 Å². The van der Waals surface area contributed by atoms with Gasteiger partial charge in [0.15, 0.2) is 11.6 Å². The van der Waals surface area contributed by atoms with Crippen LogP contribution in [0.1, 0.15) is 22.3 Å². The van der Waals surface area contributed by atoms with Crippen LogP contribution < -0.4 is 15.0 Å². The molecule has 0 saturated carbocycles. The summed E-state index contributed by atoms with van der Waals surface area (Å²) in [5.74, 6) is -0.838. The molecule has 1 amide bonds. The highest BCUT2D eigenvalue weighted by Gasteiger charge is 2.24. The van der Waals surface area contributed by atoms with Gasteiger partial charge in [-0.2, -0.15) is 0 Å². The Morgan fingerprint density at radius 2 is 1.77 bits per heavy atom. The summed E-state index contributed by atoms with van der Waals surface area (Å²) in [5, 5.41) is 3.02. The smallest absolute Gasteiger partial charge is 0.251 e. The Balaban J connectivity index is 1.32. The van der Waals surface area contributed by atoms with Crippen LogP contribution in [0.5, 0.6) is 5.75 Å². The number of para-hydroxylation sites is 1. The van der Waals surface area contributed by atoms with Gasteiger partial charge in [0.05, 0.1) is 0 Å². The third-order valence-electron chi connectivity index (χ3n) is 5.51. The van der Waals surface area contributed by atoms with E-state index in [0.29, 0.717) is 30.9 Å². The Bertz CT molecular complexity index is 1040. The third kappa shape index (κ3) is 5.20. The van der Waals surface area contributed by atoms with E-state index in [-0.39, 0.29) is 11.8 Å². The van der Waals surface area contributed by atoms with Crippen molar-refractivity contribution in [3.63, 3.8) is 0 Å². The number of amides is 1. The average Bonchev–Trinajstić information content (AvgIpc) is 3.28. The molecule has 1 unspecified atom stereocenters. The molecule has 0 aliphatic carbocycles. The first-order valence-corrected chi connectivity index (χ1v) is 10.3. The molecule has 6 heteroatoms. The van der Waals surface area contributed by atoms with Crippen molar-refractivity contribution in [1.29, 1.82) is 0 Å². The van der Waals surface area contributed by atoms with Gasteiger partial charge in [-0.25, -0.2) is 8.78 Å². The van der Waals surface area contributed by atoms with Crippen LogP contribution in [0.15, 0.2) is 72.8 Å². The molecular formula is C25H24F2N2O2. The van der Waals surface area contributed by atoms with Crippen LogP contribution in [0, 0.1) is 17.6 Å². The zero-order valence-electron chi connectivity index (χ0n) is 17.1. The van der Waals surface area contributed by atoms with Crippen LogP contribution in [0.25, 0.3) is 0 Å². The molecule has 0 bridgehead atoms. The lowest BCUT2D eigenvalue weighted by molar-refractivity contribution is 0.0945. The molecule has 0 radical (unpaired) electrons. The van der Waals surface area contributed by atoms with Gasteiger partial charge in [0, 0.05) is 42.5 Å². The van der Waals surface area contributed by atoms with Gasteiger partial charge in [-0.05, 0) is 42.7 Å². The van der Waals surface area contributed by atoms with E-state index in [1.807, 2.05) is 53.4 Å². The zero-order valence-corrected chi connectivity index (χ0v) is 17.1. The molecule has 1 saturated heterocycles. The van der Waals surface area contributed by atoms with Gasteiger partial charge in [0.25, 0.3) is 5.91 Å². The third-order valence-corrected chi connectivity index (χ3v) is 5.51. The number of halogens is 2. The van der Waals surface area contributed by atoms with Crippen LogP contribution in [-0.2, 0) is 6.61 Å². The van der Waals surface area contributed by atoms with Crippen molar-refractivity contribution >= 4 is 11.6 Å². The zero-order chi connectivity index (χ0) is 21.6. The van der Waals surface area contributed by atoms with E-state index in [1.54, 1.807) is 12.1 Å². The van der Waals surface area contributed by atoms with E-state index in [9.17, 15) is 13.6 Å². The number of rotatable bonds is 7. The largest absolute Gasteiger partial charge is 0.489 e. The molecule has 1 aliphatic heterocycles. The number of benzene rings is 3. The normalized spacial score (nSPS) is 15.7. The topological polar surface area (TPSA) is 41.6 Å². The SMILES string of the molecule is O=C(NCC1CCN(c2ccc(F)c(F)c2)C1)c1ccccc1COc1ccccc1. The monoisotopic (exact) mass is 422 g/mol. The Kier molecular flexibility index (Phi) is 6.46. The summed E-state index contributed by atoms with van der Waals surface area (Å²) in [6.45, 7) is 2.26. The second-order valence-corrected chi connectivity index (χ2v) is 7.67. The maximum atomic E-state index is 13.5. The number of anilines is 1. The van der Waals surface area contributed by atoms with Crippen LogP contribution in [0.4, 0.5) is 14.5 Å². The number of hydrogen-bond donors (Lipinski definition) is 1. The van der Waals surface area contributed by atoms with E-state index in [2.05, 4.69) is 5.32 Å². The Labute approximate surface area is 180 Å². The molecule has 0 aromatic heterocycles. The Hall–Kier alpha value is -3.41. The van der Waals surface area contributed by atoms with Gasteiger partial charge in [0.1, 0.15) is 12.4 Å². The number of ether oxygens (including phenoxy) is 1. The van der Waals surface area contributed by atoms with Crippen molar-refractivity contribution in [3.05, 3.63) is 95.6 Å². The standard InChI is InChI=1S/C25H24F2N2O2/c26-23-11-10-20(14-24(23)27)29-13-12-18(16-29)15-28-25(30)22-9-5-4-6-19(22)17-31-21-7-2-1-3-8-21/h1-11,14,18H,12-13,15-17H2,(H,28,30). The quantitative estimate of drug-likeness (QED) is 0.595. The molecule has 31 heavy (non-hydrogen) atoms. The lowest BCUT2D eigenvalue weighted by atomic mass is 10.1. The predicted molar refractivity (Wildman–Crippen MR) is 116 cm³/mol. The van der Waals surface area contributed by atoms with Crippen molar-refractivity contribution in [2.75, 3.05) is 24.5 Å². The van der Waals surface area contributed by atoms with Crippen LogP contribution in [0.3, 0.4) is 0 Å². The first-order chi connectivity index (χ1) is 15.1. The molecular weight excluding hydrogens is 398 g/mol. The molecule has 1 atom stereocenters. The van der Waals surface area contributed by atoms with Crippen LogP contribution >= 0.6 is 0 Å². The van der Waals surface area contributed by atoms with Crippen molar-refractivity contribution in [2.24, 2.45) is 5.92 Å². The number of carbonyl (C=O) groups is 1. The molecule has 160 valence electrons. The molecule has 3 aromatic carbocycles.